The molecule has 3 aromatic heterocycles. The van der Waals surface area contributed by atoms with E-state index in [9.17, 15) is 4.79 Å². The minimum atomic E-state index is -0.232. The Bertz CT molecular complexity index is 1060. The molecule has 4 rings (SSSR count). The zero-order chi connectivity index (χ0) is 18.1. The highest BCUT2D eigenvalue weighted by molar-refractivity contribution is 5.91. The summed E-state index contributed by atoms with van der Waals surface area (Å²) in [7, 11) is 1.67. The van der Waals surface area contributed by atoms with Crippen LogP contribution in [0.5, 0.6) is 0 Å². The molecule has 3 heterocycles. The summed E-state index contributed by atoms with van der Waals surface area (Å²) in [6, 6.07) is 13.7. The average Bonchev–Trinajstić information content (AvgIpc) is 3.36. The molecule has 0 aliphatic rings. The van der Waals surface area contributed by atoms with Gasteiger partial charge in [-0.15, -0.1) is 0 Å². The predicted molar refractivity (Wildman–Crippen MR) is 94.6 cm³/mol. The summed E-state index contributed by atoms with van der Waals surface area (Å²) < 4.78 is 12.9. The van der Waals surface area contributed by atoms with Crippen LogP contribution in [0.25, 0.3) is 10.9 Å². The van der Waals surface area contributed by atoms with Gasteiger partial charge in [0.1, 0.15) is 12.3 Å². The summed E-state index contributed by atoms with van der Waals surface area (Å²) in [5, 5.41) is 4.89. The molecule has 0 N–H and O–H groups in total. The van der Waals surface area contributed by atoms with Gasteiger partial charge >= 0.3 is 0 Å². The Labute approximate surface area is 149 Å². The van der Waals surface area contributed by atoms with Gasteiger partial charge < -0.3 is 18.4 Å². The Hall–Kier alpha value is -3.35. The van der Waals surface area contributed by atoms with Crippen LogP contribution in [-0.4, -0.2) is 32.6 Å². The molecular formula is C19H18N4O3. The number of carbonyl (C=O) groups excluding carboxylic acids is 1. The quantitative estimate of drug-likeness (QED) is 0.552. The number of benzene rings is 1. The number of fused-ring (bicyclic) bond motifs is 1. The van der Waals surface area contributed by atoms with Crippen molar-refractivity contribution in [1.29, 1.82) is 0 Å². The zero-order valence-electron chi connectivity index (χ0n) is 14.5. The molecule has 0 atom stereocenters. The number of amides is 1. The maximum Gasteiger partial charge on any atom is 0.289 e. The first-order valence-electron chi connectivity index (χ1n) is 8.27. The van der Waals surface area contributed by atoms with E-state index in [0.717, 1.165) is 11.3 Å². The van der Waals surface area contributed by atoms with Crippen molar-refractivity contribution >= 4 is 16.8 Å². The highest BCUT2D eigenvalue weighted by atomic mass is 16.5. The molecule has 0 radical (unpaired) electrons. The number of hydrogen-bond acceptors (Lipinski definition) is 5. The standard InChI is InChI=1S/C19H18N4O3/c1-13-20-18(26-21-13)12-22(2)19(24)17-8-7-15(25-17)11-23-10-9-14-5-3-4-6-16(14)23/h3-10H,11-12H2,1-2H3. The van der Waals surface area contributed by atoms with Gasteiger partial charge in [0.05, 0.1) is 6.54 Å². The Morgan fingerprint density at radius 3 is 2.85 bits per heavy atom. The molecule has 0 saturated heterocycles. The summed E-state index contributed by atoms with van der Waals surface area (Å²) >= 11 is 0. The van der Waals surface area contributed by atoms with E-state index >= 15 is 0 Å². The van der Waals surface area contributed by atoms with Crippen LogP contribution in [0, 0.1) is 6.92 Å². The molecule has 0 spiro atoms. The lowest BCUT2D eigenvalue weighted by atomic mass is 10.2. The molecule has 0 aliphatic heterocycles. The molecule has 7 nitrogen and oxygen atoms in total. The van der Waals surface area contributed by atoms with Crippen LogP contribution in [-0.2, 0) is 13.1 Å². The molecule has 0 fully saturated rings. The van der Waals surface area contributed by atoms with E-state index in [-0.39, 0.29) is 18.2 Å². The van der Waals surface area contributed by atoms with Gasteiger partial charge in [-0.25, -0.2) is 0 Å². The lowest BCUT2D eigenvalue weighted by Crippen LogP contribution is -2.26. The zero-order valence-corrected chi connectivity index (χ0v) is 14.5. The van der Waals surface area contributed by atoms with Crippen molar-refractivity contribution in [2.24, 2.45) is 0 Å². The van der Waals surface area contributed by atoms with Crippen molar-refractivity contribution < 1.29 is 13.7 Å². The molecule has 0 aliphatic carbocycles. The molecule has 0 bridgehead atoms. The molecule has 7 heteroatoms. The van der Waals surface area contributed by atoms with Gasteiger partial charge in [-0.2, -0.15) is 4.98 Å². The Kier molecular flexibility index (Phi) is 4.04. The average molecular weight is 350 g/mol. The minimum absolute atomic E-state index is 0.232. The largest absolute Gasteiger partial charge is 0.454 e. The molecular weight excluding hydrogens is 332 g/mol. The van der Waals surface area contributed by atoms with Crippen molar-refractivity contribution in [2.45, 2.75) is 20.0 Å². The van der Waals surface area contributed by atoms with Crippen LogP contribution in [0.15, 0.2) is 57.6 Å². The summed E-state index contributed by atoms with van der Waals surface area (Å²) in [5.74, 6) is 1.71. The molecule has 1 amide bonds. The van der Waals surface area contributed by atoms with Crippen molar-refractivity contribution in [1.82, 2.24) is 19.6 Å². The number of aryl methyl sites for hydroxylation is 1. The maximum absolute atomic E-state index is 12.5. The molecule has 0 saturated carbocycles. The van der Waals surface area contributed by atoms with Gasteiger partial charge in [0, 0.05) is 18.8 Å². The summed E-state index contributed by atoms with van der Waals surface area (Å²) in [6.07, 6.45) is 2.01. The fourth-order valence-electron chi connectivity index (χ4n) is 2.89. The van der Waals surface area contributed by atoms with E-state index in [4.69, 9.17) is 8.94 Å². The number of aromatic nitrogens is 3. The van der Waals surface area contributed by atoms with Crippen LogP contribution in [0.1, 0.15) is 28.0 Å². The van der Waals surface area contributed by atoms with Crippen molar-refractivity contribution in [3.8, 4) is 0 Å². The highest BCUT2D eigenvalue weighted by Crippen LogP contribution is 2.18. The molecule has 4 aromatic rings. The first-order chi connectivity index (χ1) is 12.6. The first-order valence-corrected chi connectivity index (χ1v) is 8.27. The topological polar surface area (TPSA) is 77.3 Å². The number of carbonyl (C=O) groups is 1. The van der Waals surface area contributed by atoms with Crippen LogP contribution in [0.3, 0.4) is 0 Å². The Morgan fingerprint density at radius 2 is 2.04 bits per heavy atom. The predicted octanol–water partition coefficient (Wildman–Crippen LogP) is 3.25. The number of furan rings is 1. The Morgan fingerprint density at radius 1 is 1.19 bits per heavy atom. The third kappa shape index (κ3) is 3.11. The number of nitrogens with zero attached hydrogens (tertiary/aromatic N) is 4. The minimum Gasteiger partial charge on any atom is -0.454 e. The molecule has 26 heavy (non-hydrogen) atoms. The summed E-state index contributed by atoms with van der Waals surface area (Å²) in [6.45, 7) is 2.53. The fraction of sp³-hybridized carbons (Fsp3) is 0.211. The molecule has 0 unspecified atom stereocenters. The van der Waals surface area contributed by atoms with E-state index < -0.39 is 0 Å². The van der Waals surface area contributed by atoms with Crippen LogP contribution < -0.4 is 0 Å². The third-order valence-electron chi connectivity index (χ3n) is 4.17. The molecule has 1 aromatic carbocycles. The van der Waals surface area contributed by atoms with E-state index in [1.807, 2.05) is 24.4 Å². The van der Waals surface area contributed by atoms with Gasteiger partial charge in [-0.05, 0) is 36.6 Å². The van der Waals surface area contributed by atoms with Crippen molar-refractivity contribution in [2.75, 3.05) is 7.05 Å². The maximum atomic E-state index is 12.5. The van der Waals surface area contributed by atoms with E-state index in [1.165, 1.54) is 10.3 Å². The Balaban J connectivity index is 1.47. The first kappa shape index (κ1) is 16.1. The summed E-state index contributed by atoms with van der Waals surface area (Å²) in [5.41, 5.74) is 1.13. The van der Waals surface area contributed by atoms with Gasteiger partial charge in [-0.1, -0.05) is 23.4 Å². The van der Waals surface area contributed by atoms with Gasteiger partial charge in [0.2, 0.25) is 5.89 Å². The SMILES string of the molecule is Cc1noc(CN(C)C(=O)c2ccc(Cn3ccc4ccccc43)o2)n1. The number of hydrogen-bond donors (Lipinski definition) is 0. The fourth-order valence-corrected chi connectivity index (χ4v) is 2.89. The highest BCUT2D eigenvalue weighted by Gasteiger charge is 2.18. The second kappa shape index (κ2) is 6.51. The number of para-hydroxylation sites is 1. The monoisotopic (exact) mass is 350 g/mol. The second-order valence-corrected chi connectivity index (χ2v) is 6.16. The van der Waals surface area contributed by atoms with Crippen molar-refractivity contribution in [3.63, 3.8) is 0 Å². The van der Waals surface area contributed by atoms with E-state index in [2.05, 4.69) is 32.9 Å². The third-order valence-corrected chi connectivity index (χ3v) is 4.17. The van der Waals surface area contributed by atoms with E-state index in [0.29, 0.717) is 18.3 Å². The van der Waals surface area contributed by atoms with Gasteiger partial charge in [0.15, 0.2) is 11.6 Å². The lowest BCUT2D eigenvalue weighted by molar-refractivity contribution is 0.0736. The summed E-state index contributed by atoms with van der Waals surface area (Å²) in [4.78, 5) is 18.1. The second-order valence-electron chi connectivity index (χ2n) is 6.16. The lowest BCUT2D eigenvalue weighted by Gasteiger charge is -2.12. The van der Waals surface area contributed by atoms with Crippen LogP contribution >= 0.6 is 0 Å². The van der Waals surface area contributed by atoms with E-state index in [1.54, 1.807) is 20.0 Å². The normalized spacial score (nSPS) is 11.2. The van der Waals surface area contributed by atoms with Crippen LogP contribution in [0.4, 0.5) is 0 Å². The smallest absolute Gasteiger partial charge is 0.289 e. The molecule has 132 valence electrons. The van der Waals surface area contributed by atoms with Gasteiger partial charge in [-0.3, -0.25) is 4.79 Å². The number of rotatable bonds is 5. The van der Waals surface area contributed by atoms with Crippen LogP contribution in [0.2, 0.25) is 0 Å². The van der Waals surface area contributed by atoms with Gasteiger partial charge in [0.25, 0.3) is 5.91 Å². The van der Waals surface area contributed by atoms with Crippen molar-refractivity contribution in [3.05, 3.63) is 71.9 Å².